The number of nitrogens with two attached hydrogens (primary N) is 1. The molecule has 2 aromatic rings. The Labute approximate surface area is 109 Å². The molecule has 0 saturated carbocycles. The molecular formula is C12H14FN5O. The number of rotatable bonds is 2. The molecule has 1 unspecified atom stereocenters. The fourth-order valence-electron chi connectivity index (χ4n) is 2.24. The molecule has 100 valence electrons. The minimum absolute atomic E-state index is 0.0832. The Bertz CT molecular complexity index is 606. The lowest BCUT2D eigenvalue weighted by Crippen LogP contribution is -2.32. The van der Waals surface area contributed by atoms with E-state index in [1.807, 2.05) is 6.92 Å². The van der Waals surface area contributed by atoms with E-state index in [4.69, 9.17) is 10.5 Å². The van der Waals surface area contributed by atoms with E-state index in [0.29, 0.717) is 24.6 Å². The molecule has 1 aliphatic rings. The zero-order valence-electron chi connectivity index (χ0n) is 10.5. The van der Waals surface area contributed by atoms with E-state index in [1.54, 1.807) is 10.7 Å². The molecule has 1 aromatic heterocycles. The summed E-state index contributed by atoms with van der Waals surface area (Å²) in [6.45, 7) is 3.27. The summed E-state index contributed by atoms with van der Waals surface area (Å²) in [5.41, 5.74) is 6.08. The van der Waals surface area contributed by atoms with Gasteiger partial charge in [-0.2, -0.15) is 0 Å². The normalized spacial score (nSPS) is 22.8. The number of benzene rings is 1. The number of anilines is 1. The maximum atomic E-state index is 13.2. The van der Waals surface area contributed by atoms with E-state index in [0.717, 1.165) is 6.42 Å². The van der Waals surface area contributed by atoms with E-state index >= 15 is 0 Å². The van der Waals surface area contributed by atoms with Gasteiger partial charge < -0.3 is 10.5 Å². The molecule has 2 N–H and O–H groups in total. The van der Waals surface area contributed by atoms with Crippen LogP contribution >= 0.6 is 0 Å². The van der Waals surface area contributed by atoms with Crippen LogP contribution in [0.15, 0.2) is 18.2 Å². The fourth-order valence-corrected chi connectivity index (χ4v) is 2.24. The van der Waals surface area contributed by atoms with E-state index in [9.17, 15) is 4.39 Å². The summed E-state index contributed by atoms with van der Waals surface area (Å²) in [7, 11) is 0. The third kappa shape index (κ3) is 1.95. The third-order valence-corrected chi connectivity index (χ3v) is 3.43. The lowest BCUT2D eigenvalue weighted by atomic mass is 10.0. The number of hydrogen-bond acceptors (Lipinski definition) is 5. The molecule has 0 spiro atoms. The highest BCUT2D eigenvalue weighted by molar-refractivity contribution is 5.61. The van der Waals surface area contributed by atoms with Gasteiger partial charge in [-0.25, -0.2) is 9.07 Å². The molecule has 1 fully saturated rings. The van der Waals surface area contributed by atoms with Gasteiger partial charge in [0.05, 0.1) is 17.8 Å². The molecule has 3 rings (SSSR count). The minimum Gasteiger partial charge on any atom is -0.396 e. The van der Waals surface area contributed by atoms with Crippen molar-refractivity contribution in [2.75, 3.05) is 18.9 Å². The molecule has 0 amide bonds. The molecule has 1 aliphatic heterocycles. The lowest BCUT2D eigenvalue weighted by molar-refractivity contribution is 0.155. The standard InChI is InChI=1S/C12H14FN5O/c1-12(4-5-19-7-12)18-11(15-16-17-18)8-2-3-9(13)10(14)6-8/h2-3,6H,4-5,7,14H2,1H3. The van der Waals surface area contributed by atoms with Crippen LogP contribution in [0.1, 0.15) is 13.3 Å². The lowest BCUT2D eigenvalue weighted by Gasteiger charge is -2.22. The van der Waals surface area contributed by atoms with Gasteiger partial charge in [-0.1, -0.05) is 0 Å². The molecule has 2 heterocycles. The van der Waals surface area contributed by atoms with E-state index in [1.165, 1.54) is 12.1 Å². The van der Waals surface area contributed by atoms with Gasteiger partial charge >= 0.3 is 0 Å². The van der Waals surface area contributed by atoms with Crippen molar-refractivity contribution in [2.24, 2.45) is 0 Å². The van der Waals surface area contributed by atoms with Crippen LogP contribution in [0.5, 0.6) is 0 Å². The zero-order chi connectivity index (χ0) is 13.5. The van der Waals surface area contributed by atoms with Crippen LogP contribution < -0.4 is 5.73 Å². The molecule has 6 nitrogen and oxygen atoms in total. The molecule has 0 bridgehead atoms. The number of halogens is 1. The van der Waals surface area contributed by atoms with Crippen LogP contribution in [0.3, 0.4) is 0 Å². The van der Waals surface area contributed by atoms with E-state index in [2.05, 4.69) is 15.5 Å². The van der Waals surface area contributed by atoms with Gasteiger partial charge in [-0.15, -0.1) is 5.10 Å². The summed E-state index contributed by atoms with van der Waals surface area (Å²) in [5.74, 6) is 0.123. The Balaban J connectivity index is 2.06. The smallest absolute Gasteiger partial charge is 0.182 e. The highest BCUT2D eigenvalue weighted by Crippen LogP contribution is 2.30. The second-order valence-corrected chi connectivity index (χ2v) is 4.95. The summed E-state index contributed by atoms with van der Waals surface area (Å²) < 4.78 is 20.4. The molecule has 1 atom stereocenters. The van der Waals surface area contributed by atoms with Crippen molar-refractivity contribution in [1.29, 1.82) is 0 Å². The second-order valence-electron chi connectivity index (χ2n) is 4.95. The van der Waals surface area contributed by atoms with Crippen molar-refractivity contribution in [3.05, 3.63) is 24.0 Å². The van der Waals surface area contributed by atoms with Crippen LogP contribution in [-0.4, -0.2) is 33.4 Å². The van der Waals surface area contributed by atoms with Crippen LogP contribution in [-0.2, 0) is 10.3 Å². The Morgan fingerprint density at radius 1 is 1.47 bits per heavy atom. The Kier molecular flexibility index (Phi) is 2.70. The molecule has 7 heteroatoms. The molecule has 1 aromatic carbocycles. The van der Waals surface area contributed by atoms with Crippen LogP contribution in [0.4, 0.5) is 10.1 Å². The van der Waals surface area contributed by atoms with Crippen molar-refractivity contribution >= 4 is 5.69 Å². The summed E-state index contributed by atoms with van der Waals surface area (Å²) in [5, 5.41) is 11.8. The maximum Gasteiger partial charge on any atom is 0.182 e. The molecule has 19 heavy (non-hydrogen) atoms. The van der Waals surface area contributed by atoms with Gasteiger partial charge in [0, 0.05) is 12.2 Å². The topological polar surface area (TPSA) is 78.9 Å². The summed E-state index contributed by atoms with van der Waals surface area (Å²) in [4.78, 5) is 0. The fraction of sp³-hybridized carbons (Fsp3) is 0.417. The van der Waals surface area contributed by atoms with Crippen LogP contribution in [0.25, 0.3) is 11.4 Å². The first-order valence-corrected chi connectivity index (χ1v) is 6.02. The first-order valence-electron chi connectivity index (χ1n) is 6.02. The van der Waals surface area contributed by atoms with Crippen LogP contribution in [0, 0.1) is 5.82 Å². The van der Waals surface area contributed by atoms with Gasteiger partial charge in [-0.3, -0.25) is 0 Å². The first-order chi connectivity index (χ1) is 9.10. The minimum atomic E-state index is -0.446. The van der Waals surface area contributed by atoms with Gasteiger partial charge in [0.15, 0.2) is 5.82 Å². The first kappa shape index (κ1) is 12.0. The molecule has 1 saturated heterocycles. The number of hydrogen-bond donors (Lipinski definition) is 1. The monoisotopic (exact) mass is 263 g/mol. The molecule has 0 aliphatic carbocycles. The van der Waals surface area contributed by atoms with Gasteiger partial charge in [0.2, 0.25) is 0 Å². The van der Waals surface area contributed by atoms with Gasteiger partial charge in [0.1, 0.15) is 5.82 Å². The highest BCUT2D eigenvalue weighted by atomic mass is 19.1. The number of ether oxygens (including phenoxy) is 1. The van der Waals surface area contributed by atoms with Gasteiger partial charge in [-0.05, 0) is 42.0 Å². The average molecular weight is 263 g/mol. The SMILES string of the molecule is CC1(n2nnnc2-c2ccc(F)c(N)c2)CCOC1. The second kappa shape index (κ2) is 4.27. The number of tetrazole rings is 1. The number of nitrogen functional groups attached to an aromatic ring is 1. The van der Waals surface area contributed by atoms with Gasteiger partial charge in [0.25, 0.3) is 0 Å². The Morgan fingerprint density at radius 3 is 3.00 bits per heavy atom. The average Bonchev–Trinajstić information content (AvgIpc) is 3.02. The highest BCUT2D eigenvalue weighted by Gasteiger charge is 2.35. The predicted molar refractivity (Wildman–Crippen MR) is 66.7 cm³/mol. The van der Waals surface area contributed by atoms with E-state index < -0.39 is 5.82 Å². The maximum absolute atomic E-state index is 13.2. The van der Waals surface area contributed by atoms with Crippen molar-refractivity contribution in [3.63, 3.8) is 0 Å². The predicted octanol–water partition coefficient (Wildman–Crippen LogP) is 1.20. The Morgan fingerprint density at radius 2 is 2.32 bits per heavy atom. The summed E-state index contributed by atoms with van der Waals surface area (Å²) >= 11 is 0. The molecular weight excluding hydrogens is 249 g/mol. The van der Waals surface area contributed by atoms with Crippen molar-refractivity contribution in [1.82, 2.24) is 20.2 Å². The zero-order valence-corrected chi connectivity index (χ0v) is 10.5. The largest absolute Gasteiger partial charge is 0.396 e. The number of aromatic nitrogens is 4. The number of nitrogens with zero attached hydrogens (tertiary/aromatic N) is 4. The summed E-state index contributed by atoms with van der Waals surface area (Å²) in [6, 6.07) is 4.47. The summed E-state index contributed by atoms with van der Waals surface area (Å²) in [6.07, 6.45) is 0.835. The van der Waals surface area contributed by atoms with Crippen molar-refractivity contribution in [2.45, 2.75) is 18.9 Å². The third-order valence-electron chi connectivity index (χ3n) is 3.43. The van der Waals surface area contributed by atoms with Crippen LogP contribution in [0.2, 0.25) is 0 Å². The van der Waals surface area contributed by atoms with Crippen molar-refractivity contribution in [3.8, 4) is 11.4 Å². The Hall–Kier alpha value is -2.02. The van der Waals surface area contributed by atoms with E-state index in [-0.39, 0.29) is 11.2 Å². The quantitative estimate of drug-likeness (QED) is 0.823. The van der Waals surface area contributed by atoms with Crippen molar-refractivity contribution < 1.29 is 9.13 Å². The molecule has 0 radical (unpaired) electrons.